The summed E-state index contributed by atoms with van der Waals surface area (Å²) in [6.07, 6.45) is 0.686. The number of nitrogens with zero attached hydrogens (tertiary/aromatic N) is 2. The summed E-state index contributed by atoms with van der Waals surface area (Å²) in [5.41, 5.74) is 1.07. The molecule has 0 aliphatic carbocycles. The Morgan fingerprint density at radius 3 is 2.38 bits per heavy atom. The van der Waals surface area contributed by atoms with Gasteiger partial charge in [-0.05, 0) is 42.8 Å². The molecule has 1 heterocycles. The molecule has 0 aromatic heterocycles. The smallest absolute Gasteiger partial charge is 0.335 e. The third-order valence-corrected chi connectivity index (χ3v) is 8.11. The van der Waals surface area contributed by atoms with Crippen LogP contribution in [0.2, 0.25) is 0 Å². The third kappa shape index (κ3) is 5.70. The summed E-state index contributed by atoms with van der Waals surface area (Å²) >= 11 is 0. The number of fused-ring (bicyclic) bond motifs is 1. The van der Waals surface area contributed by atoms with Crippen molar-refractivity contribution in [2.24, 2.45) is 0 Å². The SMILES string of the molecule is CCC(=O)N1C[C@@H](NS(=O)(=O)c2cccc3c(N(C)C)cccc23)C[C@H]1COc1ccc(C(=O)O)cc1. The van der Waals surface area contributed by atoms with Gasteiger partial charge in [0.15, 0.2) is 0 Å². The van der Waals surface area contributed by atoms with Crippen LogP contribution in [-0.2, 0) is 14.8 Å². The number of carbonyl (C=O) groups excluding carboxylic acids is 1. The fourth-order valence-corrected chi connectivity index (χ4v) is 6.19. The Hall–Kier alpha value is -3.63. The number of hydrogen-bond donors (Lipinski definition) is 2. The maximum atomic E-state index is 13.5. The van der Waals surface area contributed by atoms with Crippen molar-refractivity contribution in [1.82, 2.24) is 9.62 Å². The van der Waals surface area contributed by atoms with E-state index in [-0.39, 0.29) is 35.6 Å². The van der Waals surface area contributed by atoms with Crippen molar-refractivity contribution in [2.75, 3.05) is 32.1 Å². The van der Waals surface area contributed by atoms with Crippen LogP contribution in [0.25, 0.3) is 10.8 Å². The molecule has 0 saturated carbocycles. The van der Waals surface area contributed by atoms with Gasteiger partial charge in [-0.3, -0.25) is 4.79 Å². The molecule has 0 unspecified atom stereocenters. The molecule has 0 bridgehead atoms. The quantitative estimate of drug-likeness (QED) is 0.440. The minimum Gasteiger partial charge on any atom is -0.491 e. The van der Waals surface area contributed by atoms with Crippen molar-refractivity contribution in [3.05, 3.63) is 66.2 Å². The first-order valence-electron chi connectivity index (χ1n) is 12.1. The molecule has 3 aromatic rings. The largest absolute Gasteiger partial charge is 0.491 e. The van der Waals surface area contributed by atoms with Crippen LogP contribution >= 0.6 is 0 Å². The van der Waals surface area contributed by atoms with Crippen molar-refractivity contribution < 1.29 is 27.9 Å². The normalized spacial score (nSPS) is 17.6. The van der Waals surface area contributed by atoms with Crippen LogP contribution in [0.3, 0.4) is 0 Å². The van der Waals surface area contributed by atoms with Crippen LogP contribution in [0.1, 0.15) is 30.1 Å². The van der Waals surface area contributed by atoms with Gasteiger partial charge in [-0.1, -0.05) is 31.2 Å². The molecule has 2 N–H and O–H groups in total. The Balaban J connectivity index is 1.52. The lowest BCUT2D eigenvalue weighted by Crippen LogP contribution is -2.40. The van der Waals surface area contributed by atoms with E-state index in [2.05, 4.69) is 4.72 Å². The van der Waals surface area contributed by atoms with Crippen molar-refractivity contribution in [1.29, 1.82) is 0 Å². The second kappa shape index (κ2) is 10.8. The van der Waals surface area contributed by atoms with E-state index in [0.717, 1.165) is 11.1 Å². The predicted molar refractivity (Wildman–Crippen MR) is 142 cm³/mol. The molecule has 1 aliphatic rings. The van der Waals surface area contributed by atoms with Crippen molar-refractivity contribution in [3.8, 4) is 5.75 Å². The third-order valence-electron chi connectivity index (χ3n) is 6.53. The van der Waals surface area contributed by atoms with Gasteiger partial charge in [0.1, 0.15) is 12.4 Å². The van der Waals surface area contributed by atoms with Gasteiger partial charge in [0, 0.05) is 49.6 Å². The Labute approximate surface area is 216 Å². The van der Waals surface area contributed by atoms with Crippen LogP contribution in [0.15, 0.2) is 65.6 Å². The fraction of sp³-hybridized carbons (Fsp3) is 0.333. The van der Waals surface area contributed by atoms with Gasteiger partial charge in [-0.15, -0.1) is 0 Å². The van der Waals surface area contributed by atoms with Crippen molar-refractivity contribution >= 4 is 38.4 Å². The monoisotopic (exact) mass is 525 g/mol. The summed E-state index contributed by atoms with van der Waals surface area (Å²) in [6.45, 7) is 2.17. The molecule has 1 aliphatic heterocycles. The average molecular weight is 526 g/mol. The zero-order valence-electron chi connectivity index (χ0n) is 21.0. The highest BCUT2D eigenvalue weighted by Crippen LogP contribution is 2.31. The highest BCUT2D eigenvalue weighted by Gasteiger charge is 2.37. The number of hydrogen-bond acceptors (Lipinski definition) is 6. The number of rotatable bonds is 9. The number of anilines is 1. The number of likely N-dealkylation sites (tertiary alicyclic amines) is 1. The first kappa shape index (κ1) is 26.4. The number of benzene rings is 3. The molecule has 1 fully saturated rings. The Kier molecular flexibility index (Phi) is 7.70. The summed E-state index contributed by atoms with van der Waals surface area (Å²) in [4.78, 5) is 27.5. The average Bonchev–Trinajstić information content (AvgIpc) is 3.28. The van der Waals surface area contributed by atoms with E-state index < -0.39 is 22.0 Å². The number of nitrogens with one attached hydrogen (secondary N) is 1. The molecule has 4 rings (SSSR count). The molecule has 196 valence electrons. The van der Waals surface area contributed by atoms with Gasteiger partial charge in [0.25, 0.3) is 0 Å². The lowest BCUT2D eigenvalue weighted by Gasteiger charge is -2.24. The minimum absolute atomic E-state index is 0.0858. The predicted octanol–water partition coefficient (Wildman–Crippen LogP) is 3.34. The molecule has 1 amide bonds. The van der Waals surface area contributed by atoms with Crippen LogP contribution < -0.4 is 14.4 Å². The molecule has 9 nitrogen and oxygen atoms in total. The van der Waals surface area contributed by atoms with E-state index in [1.54, 1.807) is 42.2 Å². The fourth-order valence-electron chi connectivity index (χ4n) is 4.73. The standard InChI is InChI=1S/C27H31N3O6S/c1-4-26(31)30-16-19(15-20(30)17-36-21-13-11-18(12-14-21)27(32)33)28-37(34,35)25-10-6-7-22-23(25)8-5-9-24(22)29(2)3/h5-14,19-20,28H,4,15-17H2,1-3H3,(H,32,33)/t19-,20-/m0/s1. The maximum absolute atomic E-state index is 13.5. The molecule has 2 atom stereocenters. The van der Waals surface area contributed by atoms with Crippen molar-refractivity contribution in [2.45, 2.75) is 36.7 Å². The molecule has 37 heavy (non-hydrogen) atoms. The molecule has 1 saturated heterocycles. The van der Waals surface area contributed by atoms with Gasteiger partial charge < -0.3 is 19.6 Å². The van der Waals surface area contributed by atoms with E-state index in [4.69, 9.17) is 9.84 Å². The highest BCUT2D eigenvalue weighted by molar-refractivity contribution is 7.89. The Morgan fingerprint density at radius 1 is 1.05 bits per heavy atom. The van der Waals surface area contributed by atoms with Crippen LogP contribution in [-0.4, -0.2) is 69.6 Å². The van der Waals surface area contributed by atoms with Gasteiger partial charge in [-0.25, -0.2) is 17.9 Å². The number of carboxylic acid groups (broad SMARTS) is 1. The van der Waals surface area contributed by atoms with E-state index in [1.165, 1.54) is 12.1 Å². The topological polar surface area (TPSA) is 116 Å². The van der Waals surface area contributed by atoms with E-state index in [0.29, 0.717) is 24.0 Å². The first-order valence-corrected chi connectivity index (χ1v) is 13.6. The molecular weight excluding hydrogens is 494 g/mol. The molecule has 3 aromatic carbocycles. The Morgan fingerprint density at radius 2 is 1.73 bits per heavy atom. The van der Waals surface area contributed by atoms with Crippen molar-refractivity contribution in [3.63, 3.8) is 0 Å². The summed E-state index contributed by atoms with van der Waals surface area (Å²) in [5.74, 6) is -0.635. The first-order chi connectivity index (χ1) is 17.6. The van der Waals surface area contributed by atoms with E-state index in [1.807, 2.05) is 37.2 Å². The number of sulfonamides is 1. The number of carbonyl (C=O) groups is 2. The highest BCUT2D eigenvalue weighted by atomic mass is 32.2. The lowest BCUT2D eigenvalue weighted by molar-refractivity contribution is -0.132. The second-order valence-corrected chi connectivity index (χ2v) is 11.0. The van der Waals surface area contributed by atoms with Gasteiger partial charge in [-0.2, -0.15) is 0 Å². The number of aromatic carboxylic acids is 1. The van der Waals surface area contributed by atoms with Crippen LogP contribution in [0, 0.1) is 0 Å². The zero-order valence-corrected chi connectivity index (χ0v) is 21.9. The molecular formula is C27H31N3O6S. The number of ether oxygens (including phenoxy) is 1. The number of carboxylic acids is 1. The molecule has 10 heteroatoms. The zero-order chi connectivity index (χ0) is 26.7. The summed E-state index contributed by atoms with van der Waals surface area (Å²) < 4.78 is 35.6. The summed E-state index contributed by atoms with van der Waals surface area (Å²) in [5, 5.41) is 10.5. The van der Waals surface area contributed by atoms with Gasteiger partial charge in [0.2, 0.25) is 15.9 Å². The van der Waals surface area contributed by atoms with Crippen LogP contribution in [0.4, 0.5) is 5.69 Å². The van der Waals surface area contributed by atoms with E-state index in [9.17, 15) is 18.0 Å². The summed E-state index contributed by atoms with van der Waals surface area (Å²) in [7, 11) is -0.0520. The van der Waals surface area contributed by atoms with Gasteiger partial charge >= 0.3 is 5.97 Å². The van der Waals surface area contributed by atoms with Gasteiger partial charge in [0.05, 0.1) is 16.5 Å². The molecule has 0 spiro atoms. The van der Waals surface area contributed by atoms with Crippen LogP contribution in [0.5, 0.6) is 5.75 Å². The molecule has 0 radical (unpaired) electrons. The maximum Gasteiger partial charge on any atom is 0.335 e. The second-order valence-electron chi connectivity index (χ2n) is 9.27. The van der Waals surface area contributed by atoms with E-state index >= 15 is 0 Å². The lowest BCUT2D eigenvalue weighted by atomic mass is 10.1. The number of amides is 1. The minimum atomic E-state index is -3.87. The summed E-state index contributed by atoms with van der Waals surface area (Å²) in [6, 6.07) is 16.0. The Bertz CT molecular complexity index is 1410.